The number of carbonyl (C=O) groups excluding carboxylic acids is 1. The van der Waals surface area contributed by atoms with E-state index >= 15 is 0 Å². The van der Waals surface area contributed by atoms with Crippen LogP contribution in [0.15, 0.2) is 18.2 Å². The van der Waals surface area contributed by atoms with Crippen molar-refractivity contribution in [3.8, 4) is 6.07 Å². The van der Waals surface area contributed by atoms with E-state index in [1.165, 1.54) is 6.07 Å². The van der Waals surface area contributed by atoms with Gasteiger partial charge in [-0.2, -0.15) is 5.26 Å². The average molecular weight is 247 g/mol. The van der Waals surface area contributed by atoms with E-state index in [1.807, 2.05) is 6.07 Å². The van der Waals surface area contributed by atoms with Crippen LogP contribution in [0.25, 0.3) is 0 Å². The minimum absolute atomic E-state index is 0.0613. The van der Waals surface area contributed by atoms with Gasteiger partial charge in [-0.05, 0) is 24.1 Å². The molecule has 4 nitrogen and oxygen atoms in total. The number of nitriles is 1. The molecule has 1 aromatic rings. The molecule has 18 heavy (non-hydrogen) atoms. The first-order chi connectivity index (χ1) is 8.69. The molecule has 94 valence electrons. The second kappa shape index (κ2) is 5.61. The Morgan fingerprint density at radius 1 is 1.56 bits per heavy atom. The van der Waals surface area contributed by atoms with Crippen molar-refractivity contribution in [1.82, 2.24) is 10.6 Å². The molecule has 1 aliphatic heterocycles. The van der Waals surface area contributed by atoms with Crippen LogP contribution in [-0.2, 0) is 11.3 Å². The summed E-state index contributed by atoms with van der Waals surface area (Å²) in [6.45, 7) is 1.18. The molecule has 1 saturated heterocycles. The number of carbonyl (C=O) groups is 1. The Labute approximate surface area is 105 Å². The van der Waals surface area contributed by atoms with Gasteiger partial charge in [-0.15, -0.1) is 0 Å². The van der Waals surface area contributed by atoms with Crippen molar-refractivity contribution in [1.29, 1.82) is 5.26 Å². The van der Waals surface area contributed by atoms with Crippen LogP contribution in [0.4, 0.5) is 4.39 Å². The molecular formula is C13H14FN3O. The van der Waals surface area contributed by atoms with Crippen molar-refractivity contribution in [3.63, 3.8) is 0 Å². The number of rotatable bonds is 3. The Morgan fingerprint density at radius 3 is 3.06 bits per heavy atom. The summed E-state index contributed by atoms with van der Waals surface area (Å²) in [6, 6.07) is 6.56. The number of hydrogen-bond donors (Lipinski definition) is 2. The third kappa shape index (κ3) is 3.05. The number of nitrogens with zero attached hydrogens (tertiary/aromatic N) is 1. The van der Waals surface area contributed by atoms with Crippen molar-refractivity contribution in [2.45, 2.75) is 25.4 Å². The summed E-state index contributed by atoms with van der Waals surface area (Å²) < 4.78 is 13.1. The van der Waals surface area contributed by atoms with Crippen LogP contribution in [0.3, 0.4) is 0 Å². The molecule has 2 N–H and O–H groups in total. The van der Waals surface area contributed by atoms with Crippen LogP contribution in [0.2, 0.25) is 0 Å². The molecule has 0 aliphatic carbocycles. The van der Waals surface area contributed by atoms with Gasteiger partial charge in [0.05, 0.1) is 5.56 Å². The lowest BCUT2D eigenvalue weighted by molar-refractivity contribution is -0.122. The van der Waals surface area contributed by atoms with Gasteiger partial charge in [0.15, 0.2) is 0 Å². The van der Waals surface area contributed by atoms with E-state index in [4.69, 9.17) is 5.26 Å². The molecule has 1 fully saturated rings. The normalized spacial score (nSPS) is 19.1. The van der Waals surface area contributed by atoms with E-state index in [0.717, 1.165) is 12.0 Å². The molecule has 0 spiro atoms. The highest BCUT2D eigenvalue weighted by atomic mass is 19.1. The standard InChI is InChI=1S/C13H14FN3O/c14-12-3-1-9(5-10(12)6-15)7-16-11-2-4-13(18)17-8-11/h1,3,5,11,16H,2,4,7-8H2,(H,17,18). The van der Waals surface area contributed by atoms with Gasteiger partial charge in [0.2, 0.25) is 5.91 Å². The number of nitrogens with one attached hydrogen (secondary N) is 2. The largest absolute Gasteiger partial charge is 0.355 e. The monoisotopic (exact) mass is 247 g/mol. The molecule has 0 saturated carbocycles. The smallest absolute Gasteiger partial charge is 0.220 e. The zero-order valence-electron chi connectivity index (χ0n) is 9.87. The Balaban J connectivity index is 1.90. The third-order valence-corrected chi connectivity index (χ3v) is 3.01. The lowest BCUT2D eigenvalue weighted by atomic mass is 10.1. The first-order valence-corrected chi connectivity index (χ1v) is 5.87. The zero-order valence-corrected chi connectivity index (χ0v) is 9.87. The van der Waals surface area contributed by atoms with Crippen LogP contribution in [0.5, 0.6) is 0 Å². The summed E-state index contributed by atoms with van der Waals surface area (Å²) in [7, 11) is 0. The zero-order chi connectivity index (χ0) is 13.0. The summed E-state index contributed by atoms with van der Waals surface area (Å²) in [5.41, 5.74) is 0.927. The number of amides is 1. The molecule has 1 unspecified atom stereocenters. The maximum absolute atomic E-state index is 13.1. The van der Waals surface area contributed by atoms with Crippen LogP contribution in [0, 0.1) is 17.1 Å². The molecule has 1 heterocycles. The molecule has 0 bridgehead atoms. The van der Waals surface area contributed by atoms with Crippen molar-refractivity contribution >= 4 is 5.91 Å². The first-order valence-electron chi connectivity index (χ1n) is 5.87. The molecule has 1 atom stereocenters. The molecule has 1 amide bonds. The summed E-state index contributed by atoms with van der Waals surface area (Å²) in [5.74, 6) is -0.409. The van der Waals surface area contributed by atoms with Gasteiger partial charge in [0.25, 0.3) is 0 Å². The predicted molar refractivity (Wildman–Crippen MR) is 64.0 cm³/mol. The highest BCUT2D eigenvalue weighted by molar-refractivity contribution is 5.76. The fraction of sp³-hybridized carbons (Fsp3) is 0.385. The van der Waals surface area contributed by atoms with Crippen molar-refractivity contribution in [2.24, 2.45) is 0 Å². The van der Waals surface area contributed by atoms with Gasteiger partial charge in [-0.3, -0.25) is 4.79 Å². The second-order valence-electron chi connectivity index (χ2n) is 4.35. The van der Waals surface area contributed by atoms with Gasteiger partial charge in [0, 0.05) is 25.6 Å². The fourth-order valence-electron chi connectivity index (χ4n) is 1.94. The van der Waals surface area contributed by atoms with Gasteiger partial charge in [-0.25, -0.2) is 4.39 Å². The van der Waals surface area contributed by atoms with Crippen LogP contribution < -0.4 is 10.6 Å². The first kappa shape index (κ1) is 12.5. The summed E-state index contributed by atoms with van der Waals surface area (Å²) in [4.78, 5) is 11.0. The topological polar surface area (TPSA) is 64.9 Å². The molecule has 1 aliphatic rings. The lowest BCUT2D eigenvalue weighted by Gasteiger charge is -2.23. The summed E-state index contributed by atoms with van der Waals surface area (Å²) in [5, 5.41) is 14.8. The van der Waals surface area contributed by atoms with E-state index < -0.39 is 5.82 Å². The van der Waals surface area contributed by atoms with Crippen LogP contribution >= 0.6 is 0 Å². The van der Waals surface area contributed by atoms with E-state index in [2.05, 4.69) is 10.6 Å². The quantitative estimate of drug-likeness (QED) is 0.839. The predicted octanol–water partition coefficient (Wildman–Crippen LogP) is 1.07. The third-order valence-electron chi connectivity index (χ3n) is 3.01. The Morgan fingerprint density at radius 2 is 2.39 bits per heavy atom. The Hall–Kier alpha value is -1.93. The van der Waals surface area contributed by atoms with Crippen molar-refractivity contribution < 1.29 is 9.18 Å². The maximum Gasteiger partial charge on any atom is 0.220 e. The van der Waals surface area contributed by atoms with Gasteiger partial charge in [0.1, 0.15) is 11.9 Å². The number of halogens is 1. The van der Waals surface area contributed by atoms with E-state index in [-0.39, 0.29) is 17.5 Å². The van der Waals surface area contributed by atoms with E-state index in [1.54, 1.807) is 12.1 Å². The van der Waals surface area contributed by atoms with Crippen molar-refractivity contribution in [2.75, 3.05) is 6.54 Å². The molecule has 1 aromatic carbocycles. The van der Waals surface area contributed by atoms with E-state index in [9.17, 15) is 9.18 Å². The molecular weight excluding hydrogens is 233 g/mol. The molecule has 2 rings (SSSR count). The Bertz CT molecular complexity index is 485. The van der Waals surface area contributed by atoms with Gasteiger partial charge < -0.3 is 10.6 Å². The van der Waals surface area contributed by atoms with Crippen molar-refractivity contribution in [3.05, 3.63) is 35.1 Å². The maximum atomic E-state index is 13.1. The fourth-order valence-corrected chi connectivity index (χ4v) is 1.94. The molecule has 5 heteroatoms. The average Bonchev–Trinajstić information content (AvgIpc) is 2.39. The van der Waals surface area contributed by atoms with Gasteiger partial charge >= 0.3 is 0 Å². The molecule has 0 radical (unpaired) electrons. The number of piperidine rings is 1. The summed E-state index contributed by atoms with van der Waals surface area (Å²) in [6.07, 6.45) is 1.34. The minimum atomic E-state index is -0.494. The SMILES string of the molecule is N#Cc1cc(CNC2CCC(=O)NC2)ccc1F. The van der Waals surface area contributed by atoms with Gasteiger partial charge in [-0.1, -0.05) is 6.07 Å². The highest BCUT2D eigenvalue weighted by Gasteiger charge is 2.17. The minimum Gasteiger partial charge on any atom is -0.355 e. The van der Waals surface area contributed by atoms with Crippen LogP contribution in [-0.4, -0.2) is 18.5 Å². The van der Waals surface area contributed by atoms with E-state index in [0.29, 0.717) is 19.5 Å². The number of hydrogen-bond acceptors (Lipinski definition) is 3. The summed E-state index contributed by atoms with van der Waals surface area (Å²) >= 11 is 0. The highest BCUT2D eigenvalue weighted by Crippen LogP contribution is 2.10. The molecule has 0 aromatic heterocycles. The number of benzene rings is 1. The Kier molecular flexibility index (Phi) is 3.90. The lowest BCUT2D eigenvalue weighted by Crippen LogP contribution is -2.45. The van der Waals surface area contributed by atoms with Crippen LogP contribution in [0.1, 0.15) is 24.0 Å². The second-order valence-corrected chi connectivity index (χ2v) is 4.35.